The van der Waals surface area contributed by atoms with Gasteiger partial charge in [-0.3, -0.25) is 0 Å². The van der Waals surface area contributed by atoms with Crippen molar-refractivity contribution in [1.82, 2.24) is 9.97 Å². The summed E-state index contributed by atoms with van der Waals surface area (Å²) in [5, 5.41) is 18.9. The molecular formula is C17H18N2O2. The van der Waals surface area contributed by atoms with E-state index >= 15 is 0 Å². The van der Waals surface area contributed by atoms with E-state index in [-0.39, 0.29) is 17.8 Å². The van der Waals surface area contributed by atoms with Crippen molar-refractivity contribution in [1.29, 1.82) is 0 Å². The number of fused-ring (bicyclic) bond motifs is 1. The topological polar surface area (TPSA) is 69.1 Å². The zero-order valence-electron chi connectivity index (χ0n) is 12.1. The summed E-state index contributed by atoms with van der Waals surface area (Å²) < 4.78 is 0. The number of imidazole rings is 1. The van der Waals surface area contributed by atoms with Crippen molar-refractivity contribution in [3.05, 3.63) is 48.0 Å². The fourth-order valence-electron chi connectivity index (χ4n) is 2.30. The Morgan fingerprint density at radius 1 is 1.10 bits per heavy atom. The molecule has 0 amide bonds. The van der Waals surface area contributed by atoms with Crippen LogP contribution in [0.5, 0.6) is 5.75 Å². The van der Waals surface area contributed by atoms with Gasteiger partial charge in [-0.2, -0.15) is 0 Å². The largest absolute Gasteiger partial charge is 0.508 e. The van der Waals surface area contributed by atoms with Gasteiger partial charge >= 0.3 is 0 Å². The number of aliphatic hydroxyl groups excluding tert-OH is 1. The lowest BCUT2D eigenvalue weighted by Gasteiger charge is -2.22. The lowest BCUT2D eigenvalue weighted by atomic mass is 9.85. The molecule has 0 aliphatic carbocycles. The first kappa shape index (κ1) is 13.6. The molecule has 0 unspecified atom stereocenters. The molecule has 0 saturated heterocycles. The first-order chi connectivity index (χ1) is 9.99. The summed E-state index contributed by atoms with van der Waals surface area (Å²) >= 11 is 0. The van der Waals surface area contributed by atoms with Gasteiger partial charge in [0.2, 0.25) is 0 Å². The van der Waals surface area contributed by atoms with E-state index in [1.807, 2.05) is 44.2 Å². The highest BCUT2D eigenvalue weighted by molar-refractivity contribution is 5.80. The van der Waals surface area contributed by atoms with Crippen LogP contribution in [0, 0.1) is 0 Å². The summed E-state index contributed by atoms with van der Waals surface area (Å²) in [5.41, 5.74) is 3.44. The lowest BCUT2D eigenvalue weighted by Crippen LogP contribution is -2.21. The Kier molecular flexibility index (Phi) is 3.18. The van der Waals surface area contributed by atoms with E-state index in [0.717, 1.165) is 28.0 Å². The normalized spacial score (nSPS) is 12.0. The Morgan fingerprint density at radius 2 is 1.81 bits per heavy atom. The van der Waals surface area contributed by atoms with Crippen molar-refractivity contribution in [2.75, 3.05) is 6.61 Å². The molecule has 0 atom stereocenters. The van der Waals surface area contributed by atoms with Crippen molar-refractivity contribution < 1.29 is 10.2 Å². The Hall–Kier alpha value is -2.33. The molecule has 0 aliphatic heterocycles. The van der Waals surface area contributed by atoms with E-state index in [0.29, 0.717) is 0 Å². The van der Waals surface area contributed by atoms with E-state index < -0.39 is 0 Å². The molecule has 1 aromatic heterocycles. The summed E-state index contributed by atoms with van der Waals surface area (Å²) in [5.74, 6) is 0.976. The second-order valence-corrected chi connectivity index (χ2v) is 5.91. The number of nitrogens with zero attached hydrogens (tertiary/aromatic N) is 1. The van der Waals surface area contributed by atoms with Gasteiger partial charge in [-0.1, -0.05) is 38.1 Å². The highest BCUT2D eigenvalue weighted by Gasteiger charge is 2.19. The van der Waals surface area contributed by atoms with E-state index in [1.165, 1.54) is 0 Å². The molecule has 0 aliphatic rings. The van der Waals surface area contributed by atoms with E-state index in [1.54, 1.807) is 12.1 Å². The van der Waals surface area contributed by atoms with Crippen molar-refractivity contribution >= 4 is 11.0 Å². The van der Waals surface area contributed by atoms with Crippen LogP contribution in [0.3, 0.4) is 0 Å². The number of rotatable bonds is 3. The standard InChI is InChI=1S/C17H18N2O2/c1-17(2,10-20)12-5-3-11(4-6-12)16-18-14-8-7-13(21)9-15(14)19-16/h3-9,20-21H,10H2,1-2H3,(H,18,19). The summed E-state index contributed by atoms with van der Waals surface area (Å²) in [6.45, 7) is 4.12. The molecular weight excluding hydrogens is 264 g/mol. The third-order valence-corrected chi connectivity index (χ3v) is 3.80. The molecule has 108 valence electrons. The minimum Gasteiger partial charge on any atom is -0.508 e. The van der Waals surface area contributed by atoms with Gasteiger partial charge in [0.15, 0.2) is 0 Å². The maximum atomic E-state index is 9.49. The maximum absolute atomic E-state index is 9.49. The highest BCUT2D eigenvalue weighted by Crippen LogP contribution is 2.27. The summed E-state index contributed by atoms with van der Waals surface area (Å²) in [6.07, 6.45) is 0. The van der Waals surface area contributed by atoms with Crippen LogP contribution in [0.4, 0.5) is 0 Å². The molecule has 0 fully saturated rings. The van der Waals surface area contributed by atoms with Crippen molar-refractivity contribution in [2.45, 2.75) is 19.3 Å². The number of aromatic nitrogens is 2. The zero-order chi connectivity index (χ0) is 15.0. The van der Waals surface area contributed by atoms with Gasteiger partial charge in [-0.05, 0) is 17.7 Å². The molecule has 4 nitrogen and oxygen atoms in total. The monoisotopic (exact) mass is 282 g/mol. The van der Waals surface area contributed by atoms with E-state index in [2.05, 4.69) is 9.97 Å². The number of hydrogen-bond donors (Lipinski definition) is 3. The molecule has 2 aromatic carbocycles. The van der Waals surface area contributed by atoms with Crippen molar-refractivity contribution in [2.24, 2.45) is 0 Å². The molecule has 1 heterocycles. The smallest absolute Gasteiger partial charge is 0.138 e. The summed E-state index contributed by atoms with van der Waals surface area (Å²) in [4.78, 5) is 7.73. The van der Waals surface area contributed by atoms with Crippen LogP contribution in [-0.2, 0) is 5.41 Å². The second kappa shape index (κ2) is 4.90. The minimum absolute atomic E-state index is 0.107. The number of hydrogen-bond acceptors (Lipinski definition) is 3. The predicted octanol–water partition coefficient (Wildman–Crippen LogP) is 3.21. The van der Waals surface area contributed by atoms with Crippen molar-refractivity contribution in [3.8, 4) is 17.1 Å². The molecule has 0 radical (unpaired) electrons. The average Bonchev–Trinajstić information content (AvgIpc) is 2.90. The van der Waals surface area contributed by atoms with Gasteiger partial charge in [0.05, 0.1) is 17.6 Å². The molecule has 0 saturated carbocycles. The van der Waals surface area contributed by atoms with Gasteiger partial charge in [-0.25, -0.2) is 4.98 Å². The van der Waals surface area contributed by atoms with E-state index in [9.17, 15) is 10.2 Å². The van der Waals surface area contributed by atoms with Gasteiger partial charge in [0, 0.05) is 17.0 Å². The number of H-pyrrole nitrogens is 1. The molecule has 3 N–H and O–H groups in total. The number of benzene rings is 2. The van der Waals surface area contributed by atoms with Crippen LogP contribution in [0.15, 0.2) is 42.5 Å². The molecule has 3 rings (SSSR count). The van der Waals surface area contributed by atoms with Gasteiger partial charge in [0.1, 0.15) is 11.6 Å². The van der Waals surface area contributed by atoms with Crippen LogP contribution < -0.4 is 0 Å². The van der Waals surface area contributed by atoms with Crippen LogP contribution in [0.2, 0.25) is 0 Å². The van der Waals surface area contributed by atoms with Gasteiger partial charge in [0.25, 0.3) is 0 Å². The second-order valence-electron chi connectivity index (χ2n) is 5.91. The Balaban J connectivity index is 1.99. The average molecular weight is 282 g/mol. The van der Waals surface area contributed by atoms with Gasteiger partial charge in [-0.15, -0.1) is 0 Å². The third kappa shape index (κ3) is 2.50. The Labute approximate surface area is 123 Å². The Bertz CT molecular complexity index is 773. The highest BCUT2D eigenvalue weighted by atomic mass is 16.3. The minimum atomic E-state index is -0.252. The molecule has 21 heavy (non-hydrogen) atoms. The number of aliphatic hydroxyl groups is 1. The number of aromatic amines is 1. The number of phenolic OH excluding ortho intramolecular Hbond substituents is 1. The molecule has 0 bridgehead atoms. The van der Waals surface area contributed by atoms with Gasteiger partial charge < -0.3 is 15.2 Å². The fourth-order valence-corrected chi connectivity index (χ4v) is 2.30. The Morgan fingerprint density at radius 3 is 2.48 bits per heavy atom. The number of nitrogens with one attached hydrogen (secondary N) is 1. The third-order valence-electron chi connectivity index (χ3n) is 3.80. The number of aromatic hydroxyl groups is 1. The van der Waals surface area contributed by atoms with Crippen LogP contribution in [0.1, 0.15) is 19.4 Å². The zero-order valence-corrected chi connectivity index (χ0v) is 12.1. The molecule has 3 aromatic rings. The predicted molar refractivity (Wildman–Crippen MR) is 83.3 cm³/mol. The first-order valence-electron chi connectivity index (χ1n) is 6.90. The molecule has 4 heteroatoms. The SMILES string of the molecule is CC(C)(CO)c1ccc(-c2nc3cc(O)ccc3[nH]2)cc1. The lowest BCUT2D eigenvalue weighted by molar-refractivity contribution is 0.218. The first-order valence-corrected chi connectivity index (χ1v) is 6.90. The fraction of sp³-hybridized carbons (Fsp3) is 0.235. The van der Waals surface area contributed by atoms with Crippen LogP contribution in [-0.4, -0.2) is 26.8 Å². The summed E-state index contributed by atoms with van der Waals surface area (Å²) in [6, 6.07) is 13.1. The molecule has 0 spiro atoms. The van der Waals surface area contributed by atoms with Crippen LogP contribution >= 0.6 is 0 Å². The summed E-state index contributed by atoms with van der Waals surface area (Å²) in [7, 11) is 0. The quantitative estimate of drug-likeness (QED) is 0.691. The van der Waals surface area contributed by atoms with Crippen molar-refractivity contribution in [3.63, 3.8) is 0 Å². The van der Waals surface area contributed by atoms with Crippen LogP contribution in [0.25, 0.3) is 22.4 Å². The maximum Gasteiger partial charge on any atom is 0.138 e. The number of phenols is 1. The van der Waals surface area contributed by atoms with E-state index in [4.69, 9.17) is 0 Å².